The molecule has 0 aromatic carbocycles. The lowest BCUT2D eigenvalue weighted by molar-refractivity contribution is -0.446. The van der Waals surface area contributed by atoms with Crippen molar-refractivity contribution in [3.8, 4) is 0 Å². The van der Waals surface area contributed by atoms with E-state index in [9.17, 15) is 43.9 Å². The van der Waals surface area contributed by atoms with E-state index in [0.29, 0.717) is 0 Å². The molecule has 1 atom stereocenters. The molecular weight excluding hydrogens is 378 g/mol. The summed E-state index contributed by atoms with van der Waals surface area (Å²) in [6.07, 6.45) is -17.8. The third kappa shape index (κ3) is 6.15. The highest BCUT2D eigenvalue weighted by Crippen LogP contribution is 2.49. The molecule has 0 rings (SSSR count). The van der Waals surface area contributed by atoms with Crippen LogP contribution in [0, 0.1) is 0 Å². The molecule has 0 aromatic rings. The molecule has 14 heteroatoms. The molecule has 0 heterocycles. The summed E-state index contributed by atoms with van der Waals surface area (Å²) in [6, 6.07) is 0. The summed E-state index contributed by atoms with van der Waals surface area (Å²) in [7, 11) is 0. The zero-order chi connectivity index (χ0) is 18.5. The topological polar surface area (TPSA) is 38.7 Å². The van der Waals surface area contributed by atoms with E-state index in [4.69, 9.17) is 5.11 Å². The molecule has 23 heavy (non-hydrogen) atoms. The molecule has 0 aliphatic heterocycles. The van der Waals surface area contributed by atoms with Gasteiger partial charge < -0.3 is 9.84 Å². The van der Waals surface area contributed by atoms with Crippen molar-refractivity contribution in [3.63, 3.8) is 0 Å². The van der Waals surface area contributed by atoms with Gasteiger partial charge in [-0.15, -0.1) is 0 Å². The average Bonchev–Trinajstić information content (AvgIpc) is 2.36. The molecule has 0 aromatic heterocycles. The van der Waals surface area contributed by atoms with Gasteiger partial charge in [-0.25, -0.2) is 4.39 Å². The van der Waals surface area contributed by atoms with Gasteiger partial charge in [0.15, 0.2) is 0 Å². The van der Waals surface area contributed by atoms with Crippen molar-refractivity contribution in [1.29, 1.82) is 0 Å². The Hall–Kier alpha value is -0.470. The van der Waals surface area contributed by atoms with Crippen LogP contribution in [0.15, 0.2) is 0 Å². The molecule has 1 unspecified atom stereocenters. The van der Waals surface area contributed by atoms with Gasteiger partial charge in [-0.3, -0.25) is 4.74 Å². The fraction of sp³-hybridized carbons (Fsp3) is 1.00. The Bertz CT molecular complexity index is 362. The van der Waals surface area contributed by atoms with Crippen molar-refractivity contribution < 1.29 is 58.5 Å². The second kappa shape index (κ2) is 8.07. The zero-order valence-electron chi connectivity index (χ0n) is 10.9. The quantitative estimate of drug-likeness (QED) is 0.460. The normalized spacial score (nSPS) is 15.8. The molecule has 0 fully saturated rings. The number of alkyl halides is 10. The average molecular weight is 388 g/mol. The minimum Gasteiger partial charge on any atom is -0.394 e. The van der Waals surface area contributed by atoms with E-state index in [1.165, 1.54) is 0 Å². The first-order valence-corrected chi connectivity index (χ1v) is 6.52. The summed E-state index contributed by atoms with van der Waals surface area (Å²) >= 11 is -0.703. The summed E-state index contributed by atoms with van der Waals surface area (Å²) in [5, 5.41) is 3.44. The summed E-state index contributed by atoms with van der Waals surface area (Å²) in [6.45, 7) is -1.23. The largest absolute Gasteiger partial charge is 0.462 e. The minimum absolute atomic E-state index is 0.266. The van der Waals surface area contributed by atoms with E-state index in [1.54, 1.807) is 0 Å². The smallest absolute Gasteiger partial charge is 0.394 e. The van der Waals surface area contributed by atoms with Gasteiger partial charge >= 0.3 is 23.5 Å². The van der Waals surface area contributed by atoms with Crippen LogP contribution in [0.25, 0.3) is 0 Å². The van der Waals surface area contributed by atoms with Crippen molar-refractivity contribution in [3.05, 3.63) is 0 Å². The predicted molar refractivity (Wildman–Crippen MR) is 57.2 cm³/mol. The number of aliphatic hydroxyl groups excluding tert-OH is 1. The van der Waals surface area contributed by atoms with Gasteiger partial charge in [0.25, 0.3) is 6.36 Å². The molecule has 0 aliphatic carbocycles. The number of hydrogen-bond donors (Lipinski definition) is 1. The van der Waals surface area contributed by atoms with Crippen LogP contribution in [0.1, 0.15) is 0 Å². The van der Waals surface area contributed by atoms with Crippen LogP contribution >= 0.6 is 11.8 Å². The van der Waals surface area contributed by atoms with Crippen molar-refractivity contribution in [1.82, 2.24) is 0 Å². The van der Waals surface area contributed by atoms with Crippen molar-refractivity contribution in [2.24, 2.45) is 0 Å². The number of halogens is 10. The maximum absolute atomic E-state index is 13.0. The van der Waals surface area contributed by atoms with E-state index in [2.05, 4.69) is 9.47 Å². The van der Waals surface area contributed by atoms with Gasteiger partial charge in [-0.1, -0.05) is 11.8 Å². The van der Waals surface area contributed by atoms with E-state index in [-0.39, 0.29) is 6.61 Å². The Labute approximate surface area is 126 Å². The lowest BCUT2D eigenvalue weighted by Gasteiger charge is -2.30. The van der Waals surface area contributed by atoms with Crippen LogP contribution < -0.4 is 0 Å². The first-order chi connectivity index (χ1) is 10.2. The lowest BCUT2D eigenvalue weighted by Crippen LogP contribution is -2.55. The van der Waals surface area contributed by atoms with E-state index >= 15 is 0 Å². The summed E-state index contributed by atoms with van der Waals surface area (Å²) < 4.78 is 131. The van der Waals surface area contributed by atoms with Crippen molar-refractivity contribution in [2.75, 3.05) is 25.6 Å². The summed E-state index contributed by atoms with van der Waals surface area (Å²) in [4.78, 5) is 0. The van der Waals surface area contributed by atoms with Crippen molar-refractivity contribution >= 4 is 11.8 Å². The Morgan fingerprint density at radius 2 is 1.43 bits per heavy atom. The van der Waals surface area contributed by atoms with Gasteiger partial charge in [-0.05, 0) is 0 Å². The zero-order valence-corrected chi connectivity index (χ0v) is 11.7. The molecule has 0 radical (unpaired) electrons. The van der Waals surface area contributed by atoms with Gasteiger partial charge in [0.2, 0.25) is 0 Å². The highest BCUT2D eigenvalue weighted by molar-refractivity contribution is 8.00. The highest BCUT2D eigenvalue weighted by Gasteiger charge is 2.75. The van der Waals surface area contributed by atoms with E-state index < -0.39 is 60.5 Å². The van der Waals surface area contributed by atoms with Crippen LogP contribution in [-0.2, 0) is 9.47 Å². The van der Waals surface area contributed by atoms with E-state index in [1.807, 2.05) is 0 Å². The molecule has 0 bridgehead atoms. The van der Waals surface area contributed by atoms with Gasteiger partial charge in [0.05, 0.1) is 19.8 Å². The fourth-order valence-corrected chi connectivity index (χ4v) is 1.56. The standard InChI is InChI=1S/C9H10F10O3S/c10-5(6(11,12)23-4-3-21-2-1-20)22-9(18,19)7(13,14)8(15,16)17/h5,20H,1-4H2. The molecule has 1 N–H and O–H groups in total. The monoisotopic (exact) mass is 388 g/mol. The number of ether oxygens (including phenoxy) is 2. The summed E-state index contributed by atoms with van der Waals surface area (Å²) in [5.41, 5.74) is 0. The third-order valence-electron chi connectivity index (χ3n) is 2.00. The van der Waals surface area contributed by atoms with Crippen LogP contribution in [0.5, 0.6) is 0 Å². The Balaban J connectivity index is 4.73. The Kier molecular flexibility index (Phi) is 7.91. The second-order valence-corrected chi connectivity index (χ2v) is 5.01. The SMILES string of the molecule is OCCOCCSC(F)(F)C(F)OC(F)(F)C(F)(F)C(F)(F)F. The molecule has 140 valence electrons. The fourth-order valence-electron chi connectivity index (χ4n) is 0.906. The van der Waals surface area contributed by atoms with Crippen LogP contribution in [0.2, 0.25) is 0 Å². The van der Waals surface area contributed by atoms with E-state index in [0.717, 1.165) is 0 Å². The third-order valence-corrected chi connectivity index (χ3v) is 2.94. The molecule has 0 spiro atoms. The Morgan fingerprint density at radius 1 is 0.913 bits per heavy atom. The minimum atomic E-state index is -6.87. The number of rotatable bonds is 10. The van der Waals surface area contributed by atoms with Gasteiger partial charge in [0, 0.05) is 5.75 Å². The molecular formula is C9H10F10O3S. The maximum Gasteiger partial charge on any atom is 0.462 e. The number of aliphatic hydroxyl groups is 1. The predicted octanol–water partition coefficient (Wildman–Crippen LogP) is 3.42. The maximum atomic E-state index is 13.0. The number of thioether (sulfide) groups is 1. The molecule has 0 saturated carbocycles. The summed E-state index contributed by atoms with van der Waals surface area (Å²) in [5.74, 6) is -7.60. The second-order valence-electron chi connectivity index (χ2n) is 3.77. The number of hydrogen-bond acceptors (Lipinski definition) is 4. The molecule has 0 amide bonds. The molecule has 3 nitrogen and oxygen atoms in total. The first-order valence-electron chi connectivity index (χ1n) is 5.53. The van der Waals surface area contributed by atoms with Crippen LogP contribution in [-0.4, -0.2) is 60.5 Å². The van der Waals surface area contributed by atoms with Crippen molar-refractivity contribution in [2.45, 2.75) is 29.8 Å². The Morgan fingerprint density at radius 3 is 1.87 bits per heavy atom. The molecule has 0 aliphatic rings. The first kappa shape index (κ1) is 22.5. The van der Waals surface area contributed by atoms with Gasteiger partial charge in [-0.2, -0.15) is 39.5 Å². The van der Waals surface area contributed by atoms with Crippen LogP contribution in [0.3, 0.4) is 0 Å². The molecule has 0 saturated heterocycles. The lowest BCUT2D eigenvalue weighted by atomic mass is 10.3. The highest BCUT2D eigenvalue weighted by atomic mass is 32.2. The van der Waals surface area contributed by atoms with Crippen LogP contribution in [0.4, 0.5) is 43.9 Å². The van der Waals surface area contributed by atoms with Gasteiger partial charge in [0.1, 0.15) is 0 Å².